The molecular formula is C8H14N2O5. The van der Waals surface area contributed by atoms with Gasteiger partial charge in [-0.3, -0.25) is 9.59 Å². The van der Waals surface area contributed by atoms with E-state index in [1.807, 2.05) is 0 Å². The number of hydrogen-bond acceptors (Lipinski definition) is 4. The summed E-state index contributed by atoms with van der Waals surface area (Å²) in [7, 11) is 0. The van der Waals surface area contributed by atoms with Gasteiger partial charge in [-0.25, -0.2) is 4.79 Å². The molecule has 7 nitrogen and oxygen atoms in total. The molecule has 7 heteroatoms. The Morgan fingerprint density at radius 3 is 2.33 bits per heavy atom. The van der Waals surface area contributed by atoms with E-state index in [9.17, 15) is 14.4 Å². The molecule has 0 aliphatic heterocycles. The van der Waals surface area contributed by atoms with Crippen LogP contribution in [0.15, 0.2) is 0 Å². The van der Waals surface area contributed by atoms with E-state index in [4.69, 9.17) is 10.2 Å². The van der Waals surface area contributed by atoms with Crippen LogP contribution in [0.25, 0.3) is 0 Å². The highest BCUT2D eigenvalue weighted by atomic mass is 16.4. The minimum Gasteiger partial charge on any atom is -0.479 e. The second-order valence-corrected chi connectivity index (χ2v) is 2.89. The van der Waals surface area contributed by atoms with Crippen molar-refractivity contribution in [2.75, 3.05) is 13.1 Å². The molecule has 0 unspecified atom stereocenters. The third-order valence-corrected chi connectivity index (χ3v) is 1.50. The van der Waals surface area contributed by atoms with E-state index in [0.717, 1.165) is 0 Å². The Morgan fingerprint density at radius 1 is 1.27 bits per heavy atom. The maximum atomic E-state index is 11.0. The summed E-state index contributed by atoms with van der Waals surface area (Å²) >= 11 is 0. The predicted molar refractivity (Wildman–Crippen MR) is 50.0 cm³/mol. The second-order valence-electron chi connectivity index (χ2n) is 2.89. The second kappa shape index (κ2) is 6.77. The molecule has 0 bridgehead atoms. The third-order valence-electron chi connectivity index (χ3n) is 1.50. The zero-order valence-electron chi connectivity index (χ0n) is 8.32. The highest BCUT2D eigenvalue weighted by Crippen LogP contribution is 1.82. The number of nitrogens with one attached hydrogen (secondary N) is 2. The predicted octanol–water partition coefficient (Wildman–Crippen LogP) is -1.93. The first-order valence-electron chi connectivity index (χ1n) is 4.35. The molecule has 4 N–H and O–H groups in total. The van der Waals surface area contributed by atoms with Gasteiger partial charge in [0.05, 0.1) is 6.54 Å². The first kappa shape index (κ1) is 13.4. The number of carboxylic acid groups (broad SMARTS) is 1. The first-order chi connectivity index (χ1) is 6.93. The molecular weight excluding hydrogens is 204 g/mol. The average molecular weight is 218 g/mol. The van der Waals surface area contributed by atoms with Crippen molar-refractivity contribution in [1.29, 1.82) is 0 Å². The van der Waals surface area contributed by atoms with E-state index in [2.05, 4.69) is 10.6 Å². The number of rotatable bonds is 6. The largest absolute Gasteiger partial charge is 0.479 e. The van der Waals surface area contributed by atoms with Gasteiger partial charge in [-0.15, -0.1) is 0 Å². The highest BCUT2D eigenvalue weighted by molar-refractivity contribution is 5.79. The van der Waals surface area contributed by atoms with Crippen LogP contribution in [0.2, 0.25) is 0 Å². The maximum absolute atomic E-state index is 11.0. The summed E-state index contributed by atoms with van der Waals surface area (Å²) in [6.07, 6.45) is -1.55. The standard InChI is InChI=1S/C8H14N2O5/c1-5(11)9-3-2-7(13)10-4-6(12)8(14)15/h6,12H,2-4H2,1H3,(H,9,11)(H,10,13)(H,14,15)/t6-/m0/s1. The highest BCUT2D eigenvalue weighted by Gasteiger charge is 2.13. The van der Waals surface area contributed by atoms with Crippen molar-refractivity contribution in [2.45, 2.75) is 19.4 Å². The molecule has 2 amide bonds. The van der Waals surface area contributed by atoms with Crippen LogP contribution in [-0.4, -0.2) is 47.2 Å². The molecule has 0 aliphatic rings. The zero-order chi connectivity index (χ0) is 11.8. The summed E-state index contributed by atoms with van der Waals surface area (Å²) in [6, 6.07) is 0. The molecule has 0 heterocycles. The van der Waals surface area contributed by atoms with Gasteiger partial charge in [-0.1, -0.05) is 0 Å². The summed E-state index contributed by atoms with van der Waals surface area (Å²) in [6.45, 7) is 1.17. The molecule has 0 aromatic carbocycles. The Hall–Kier alpha value is -1.63. The van der Waals surface area contributed by atoms with Gasteiger partial charge < -0.3 is 20.8 Å². The minimum atomic E-state index is -1.60. The van der Waals surface area contributed by atoms with Crippen LogP contribution in [-0.2, 0) is 14.4 Å². The van der Waals surface area contributed by atoms with E-state index >= 15 is 0 Å². The Balaban J connectivity index is 3.57. The molecule has 0 aliphatic carbocycles. The smallest absolute Gasteiger partial charge is 0.334 e. The fourth-order valence-electron chi connectivity index (χ4n) is 0.738. The Labute approximate surface area is 86.5 Å². The van der Waals surface area contributed by atoms with E-state index in [0.29, 0.717) is 0 Å². The van der Waals surface area contributed by atoms with Gasteiger partial charge in [0.25, 0.3) is 0 Å². The number of carbonyl (C=O) groups is 3. The molecule has 0 rings (SSSR count). The maximum Gasteiger partial charge on any atom is 0.334 e. The fraction of sp³-hybridized carbons (Fsp3) is 0.625. The summed E-state index contributed by atoms with van der Waals surface area (Å²) in [5.74, 6) is -2.06. The van der Waals surface area contributed by atoms with Gasteiger partial charge in [0.1, 0.15) is 0 Å². The molecule has 0 spiro atoms. The van der Waals surface area contributed by atoms with Crippen molar-refractivity contribution in [3.63, 3.8) is 0 Å². The number of aliphatic hydroxyl groups excluding tert-OH is 1. The number of carboxylic acids is 1. The average Bonchev–Trinajstić information content (AvgIpc) is 2.13. The monoisotopic (exact) mass is 218 g/mol. The fourth-order valence-corrected chi connectivity index (χ4v) is 0.738. The lowest BCUT2D eigenvalue weighted by Gasteiger charge is -2.07. The van der Waals surface area contributed by atoms with Crippen molar-refractivity contribution in [1.82, 2.24) is 10.6 Å². The molecule has 15 heavy (non-hydrogen) atoms. The molecule has 0 saturated heterocycles. The Kier molecular flexibility index (Phi) is 6.03. The summed E-state index contributed by atoms with van der Waals surface area (Å²) < 4.78 is 0. The van der Waals surface area contributed by atoms with Crippen LogP contribution in [0.5, 0.6) is 0 Å². The van der Waals surface area contributed by atoms with Gasteiger partial charge in [-0.2, -0.15) is 0 Å². The van der Waals surface area contributed by atoms with E-state index < -0.39 is 18.0 Å². The lowest BCUT2D eigenvalue weighted by atomic mass is 10.3. The number of amides is 2. The van der Waals surface area contributed by atoms with Crippen molar-refractivity contribution in [3.8, 4) is 0 Å². The zero-order valence-corrected chi connectivity index (χ0v) is 8.32. The van der Waals surface area contributed by atoms with Crippen molar-refractivity contribution in [2.24, 2.45) is 0 Å². The van der Waals surface area contributed by atoms with Gasteiger partial charge in [-0.05, 0) is 0 Å². The van der Waals surface area contributed by atoms with Crippen LogP contribution in [0.4, 0.5) is 0 Å². The van der Waals surface area contributed by atoms with Gasteiger partial charge >= 0.3 is 5.97 Å². The van der Waals surface area contributed by atoms with Crippen LogP contribution in [0.3, 0.4) is 0 Å². The summed E-state index contributed by atoms with van der Waals surface area (Å²) in [4.78, 5) is 31.6. The molecule has 0 fully saturated rings. The van der Waals surface area contributed by atoms with Gasteiger partial charge in [0.15, 0.2) is 6.10 Å². The normalized spacial score (nSPS) is 11.6. The van der Waals surface area contributed by atoms with Crippen molar-refractivity contribution < 1.29 is 24.6 Å². The topological polar surface area (TPSA) is 116 Å². The van der Waals surface area contributed by atoms with Crippen molar-refractivity contribution >= 4 is 17.8 Å². The van der Waals surface area contributed by atoms with E-state index in [-0.39, 0.29) is 25.4 Å². The minimum absolute atomic E-state index is 0.0475. The van der Waals surface area contributed by atoms with Crippen LogP contribution >= 0.6 is 0 Å². The molecule has 0 aromatic rings. The molecule has 86 valence electrons. The van der Waals surface area contributed by atoms with Crippen LogP contribution < -0.4 is 10.6 Å². The summed E-state index contributed by atoms with van der Waals surface area (Å²) in [5, 5.41) is 21.7. The van der Waals surface area contributed by atoms with Crippen LogP contribution in [0, 0.1) is 0 Å². The van der Waals surface area contributed by atoms with E-state index in [1.54, 1.807) is 0 Å². The third kappa shape index (κ3) is 7.44. The number of hydrogen-bond donors (Lipinski definition) is 4. The molecule has 0 aromatic heterocycles. The number of aliphatic hydroxyl groups is 1. The first-order valence-corrected chi connectivity index (χ1v) is 4.35. The van der Waals surface area contributed by atoms with Crippen molar-refractivity contribution in [3.05, 3.63) is 0 Å². The molecule has 1 atom stereocenters. The number of carbonyl (C=O) groups excluding carboxylic acids is 2. The molecule has 0 saturated carbocycles. The molecule has 0 radical (unpaired) electrons. The van der Waals surface area contributed by atoms with E-state index in [1.165, 1.54) is 6.92 Å². The lowest BCUT2D eigenvalue weighted by Crippen LogP contribution is -2.37. The Bertz CT molecular complexity index is 253. The summed E-state index contributed by atoms with van der Waals surface area (Å²) in [5.41, 5.74) is 0. The van der Waals surface area contributed by atoms with Crippen LogP contribution in [0.1, 0.15) is 13.3 Å². The van der Waals surface area contributed by atoms with Gasteiger partial charge in [0.2, 0.25) is 11.8 Å². The quantitative estimate of drug-likeness (QED) is 0.414. The Morgan fingerprint density at radius 2 is 1.87 bits per heavy atom. The SMILES string of the molecule is CC(=O)NCCC(=O)NC[C@H](O)C(=O)O. The lowest BCUT2D eigenvalue weighted by molar-refractivity contribution is -0.146. The van der Waals surface area contributed by atoms with Gasteiger partial charge in [0, 0.05) is 19.9 Å². The number of aliphatic carboxylic acids is 1.